The molecule has 0 fully saturated rings. The fourth-order valence-electron chi connectivity index (χ4n) is 1.97. The van der Waals surface area contributed by atoms with Crippen LogP contribution in [0.5, 0.6) is 11.5 Å². The molecule has 3 N–H and O–H groups in total. The molecule has 0 aliphatic rings. The van der Waals surface area contributed by atoms with E-state index in [1.807, 2.05) is 0 Å². The Balaban J connectivity index is 3.14. The van der Waals surface area contributed by atoms with Gasteiger partial charge in [0.1, 0.15) is 11.4 Å². The summed E-state index contributed by atoms with van der Waals surface area (Å²) < 4.78 is 29.4. The minimum absolute atomic E-state index is 0.0224. The van der Waals surface area contributed by atoms with Crippen LogP contribution in [0.2, 0.25) is 0 Å². The first-order valence-corrected chi connectivity index (χ1v) is 6.83. The molecule has 0 saturated carbocycles. The lowest BCUT2D eigenvalue weighted by Gasteiger charge is -2.25. The van der Waals surface area contributed by atoms with Crippen molar-refractivity contribution < 1.29 is 23.4 Å². The summed E-state index contributed by atoms with van der Waals surface area (Å²) in [5.74, 6) is -0.224. The second-order valence-electron chi connectivity index (χ2n) is 5.63. The summed E-state index contributed by atoms with van der Waals surface area (Å²) in [5.41, 5.74) is 5.39. The Morgan fingerprint density at radius 3 is 2.41 bits per heavy atom. The Labute approximate surface area is 129 Å². The van der Waals surface area contributed by atoms with Gasteiger partial charge in [-0.3, -0.25) is 0 Å². The highest BCUT2D eigenvalue weighted by Crippen LogP contribution is 2.36. The van der Waals surface area contributed by atoms with Crippen LogP contribution in [-0.2, 0) is 4.74 Å². The van der Waals surface area contributed by atoms with E-state index in [4.69, 9.17) is 19.9 Å². The second-order valence-corrected chi connectivity index (χ2v) is 5.63. The molecule has 124 valence electrons. The number of benzene rings is 1. The average Bonchev–Trinajstić information content (AvgIpc) is 2.42. The van der Waals surface area contributed by atoms with Gasteiger partial charge in [-0.2, -0.15) is 0 Å². The van der Waals surface area contributed by atoms with Gasteiger partial charge in [0.25, 0.3) is 0 Å². The van der Waals surface area contributed by atoms with Crippen LogP contribution in [-0.4, -0.2) is 32.5 Å². The predicted octanol–water partition coefficient (Wildman–Crippen LogP) is 2.37. The normalized spacial score (nSPS) is 12.5. The summed E-state index contributed by atoms with van der Waals surface area (Å²) in [4.78, 5) is 11.9. The quantitative estimate of drug-likeness (QED) is 0.872. The first-order valence-electron chi connectivity index (χ1n) is 6.83. The number of rotatable bonds is 5. The van der Waals surface area contributed by atoms with Crippen LogP contribution >= 0.6 is 0 Å². The van der Waals surface area contributed by atoms with Crippen LogP contribution < -0.4 is 20.5 Å². The van der Waals surface area contributed by atoms with Gasteiger partial charge >= 0.3 is 6.09 Å². The van der Waals surface area contributed by atoms with Crippen LogP contribution in [0.3, 0.4) is 0 Å². The molecule has 0 aliphatic heterocycles. The molecule has 7 heteroatoms. The lowest BCUT2D eigenvalue weighted by atomic mass is 10.0. The van der Waals surface area contributed by atoms with Gasteiger partial charge in [-0.25, -0.2) is 9.18 Å². The van der Waals surface area contributed by atoms with Crippen LogP contribution in [0.25, 0.3) is 0 Å². The number of amides is 1. The summed E-state index contributed by atoms with van der Waals surface area (Å²) in [6.07, 6.45) is -0.656. The maximum absolute atomic E-state index is 13.9. The highest BCUT2D eigenvalue weighted by Gasteiger charge is 2.26. The van der Waals surface area contributed by atoms with Gasteiger partial charge in [-0.1, -0.05) is 0 Å². The van der Waals surface area contributed by atoms with Crippen molar-refractivity contribution in [3.05, 3.63) is 23.5 Å². The van der Waals surface area contributed by atoms with Crippen molar-refractivity contribution in [2.45, 2.75) is 32.4 Å². The molecule has 1 amide bonds. The summed E-state index contributed by atoms with van der Waals surface area (Å²) >= 11 is 0. The molecular weight excluding hydrogens is 291 g/mol. The smallest absolute Gasteiger partial charge is 0.408 e. The van der Waals surface area contributed by atoms with E-state index in [1.165, 1.54) is 26.4 Å². The molecule has 0 heterocycles. The standard InChI is InChI=1S/C15H23FN2O4/c1-15(2,3)22-14(19)18-10(8-17)12-11(20-4)7-6-9(16)13(12)21-5/h6-7,10H,8,17H2,1-5H3,(H,18,19). The van der Waals surface area contributed by atoms with Gasteiger partial charge in [0, 0.05) is 6.54 Å². The molecule has 6 nitrogen and oxygen atoms in total. The first-order chi connectivity index (χ1) is 10.2. The minimum Gasteiger partial charge on any atom is -0.496 e. The van der Waals surface area contributed by atoms with Crippen molar-refractivity contribution in [2.75, 3.05) is 20.8 Å². The van der Waals surface area contributed by atoms with Gasteiger partial charge in [-0.05, 0) is 32.9 Å². The zero-order valence-corrected chi connectivity index (χ0v) is 13.5. The minimum atomic E-state index is -0.713. The first kappa shape index (κ1) is 18.0. The van der Waals surface area contributed by atoms with Crippen LogP contribution in [0.1, 0.15) is 32.4 Å². The molecule has 0 saturated heterocycles. The van der Waals surface area contributed by atoms with Gasteiger partial charge in [0.2, 0.25) is 0 Å². The van der Waals surface area contributed by atoms with E-state index in [0.717, 1.165) is 0 Å². The van der Waals surface area contributed by atoms with Crippen LogP contribution in [0.4, 0.5) is 9.18 Å². The van der Waals surface area contributed by atoms with E-state index < -0.39 is 23.6 Å². The summed E-state index contributed by atoms with van der Waals surface area (Å²) in [5, 5.41) is 2.60. The largest absolute Gasteiger partial charge is 0.496 e. The molecule has 1 unspecified atom stereocenters. The van der Waals surface area contributed by atoms with E-state index in [9.17, 15) is 9.18 Å². The Morgan fingerprint density at radius 1 is 1.32 bits per heavy atom. The Morgan fingerprint density at radius 2 is 1.95 bits per heavy atom. The third-order valence-electron chi connectivity index (χ3n) is 2.81. The van der Waals surface area contributed by atoms with E-state index in [2.05, 4.69) is 5.32 Å². The zero-order chi connectivity index (χ0) is 16.9. The number of halogens is 1. The third kappa shape index (κ3) is 4.49. The van der Waals surface area contributed by atoms with Crippen LogP contribution in [0.15, 0.2) is 12.1 Å². The van der Waals surface area contributed by atoms with Gasteiger partial charge in [0.15, 0.2) is 11.6 Å². The molecule has 1 atom stereocenters. The third-order valence-corrected chi connectivity index (χ3v) is 2.81. The molecule has 0 radical (unpaired) electrons. The molecular formula is C15H23FN2O4. The van der Waals surface area contributed by atoms with Crippen molar-refractivity contribution >= 4 is 6.09 Å². The Hall–Kier alpha value is -2.02. The monoisotopic (exact) mass is 314 g/mol. The van der Waals surface area contributed by atoms with Crippen LogP contribution in [0, 0.1) is 5.82 Å². The maximum Gasteiger partial charge on any atom is 0.408 e. The number of hydrogen-bond donors (Lipinski definition) is 2. The molecule has 22 heavy (non-hydrogen) atoms. The molecule has 0 aliphatic carbocycles. The summed E-state index contributed by atoms with van der Waals surface area (Å²) in [6, 6.07) is 1.96. The number of carbonyl (C=O) groups excluding carboxylic acids is 1. The van der Waals surface area contributed by atoms with Crippen molar-refractivity contribution in [3.8, 4) is 11.5 Å². The van der Waals surface area contributed by atoms with Gasteiger partial charge < -0.3 is 25.3 Å². The maximum atomic E-state index is 13.9. The number of methoxy groups -OCH3 is 2. The number of nitrogens with two attached hydrogens (primary N) is 1. The predicted molar refractivity (Wildman–Crippen MR) is 80.7 cm³/mol. The highest BCUT2D eigenvalue weighted by molar-refractivity contribution is 5.69. The molecule has 1 rings (SSSR count). The number of hydrogen-bond acceptors (Lipinski definition) is 5. The van der Waals surface area contributed by atoms with Gasteiger partial charge in [0.05, 0.1) is 25.8 Å². The number of ether oxygens (including phenoxy) is 3. The second kappa shape index (κ2) is 7.31. The van der Waals surface area contributed by atoms with E-state index in [1.54, 1.807) is 20.8 Å². The van der Waals surface area contributed by atoms with E-state index >= 15 is 0 Å². The fraction of sp³-hybridized carbons (Fsp3) is 0.533. The van der Waals surface area contributed by atoms with Crippen molar-refractivity contribution in [2.24, 2.45) is 5.73 Å². The van der Waals surface area contributed by atoms with Crippen molar-refractivity contribution in [3.63, 3.8) is 0 Å². The summed E-state index contributed by atoms with van der Waals surface area (Å²) in [6.45, 7) is 5.25. The topological polar surface area (TPSA) is 82.8 Å². The van der Waals surface area contributed by atoms with E-state index in [-0.39, 0.29) is 12.3 Å². The molecule has 0 aromatic heterocycles. The van der Waals surface area contributed by atoms with Gasteiger partial charge in [-0.15, -0.1) is 0 Å². The number of alkyl carbamates (subject to hydrolysis) is 1. The molecule has 0 bridgehead atoms. The zero-order valence-electron chi connectivity index (χ0n) is 13.5. The number of nitrogens with one attached hydrogen (secondary N) is 1. The molecule has 0 spiro atoms. The van der Waals surface area contributed by atoms with Crippen molar-refractivity contribution in [1.29, 1.82) is 0 Å². The number of carbonyl (C=O) groups is 1. The summed E-state index contributed by atoms with van der Waals surface area (Å²) in [7, 11) is 2.78. The Kier molecular flexibility index (Phi) is 5.99. The SMILES string of the molecule is COc1ccc(F)c(OC)c1C(CN)NC(=O)OC(C)(C)C. The fourth-order valence-corrected chi connectivity index (χ4v) is 1.97. The Bertz CT molecular complexity index is 529. The average molecular weight is 314 g/mol. The molecule has 1 aromatic rings. The highest BCUT2D eigenvalue weighted by atomic mass is 19.1. The van der Waals surface area contributed by atoms with Crippen molar-refractivity contribution in [1.82, 2.24) is 5.32 Å². The lowest BCUT2D eigenvalue weighted by molar-refractivity contribution is 0.0504. The lowest BCUT2D eigenvalue weighted by Crippen LogP contribution is -2.38. The molecule has 1 aromatic carbocycles. The van der Waals surface area contributed by atoms with E-state index in [0.29, 0.717) is 11.3 Å².